The number of aromatic nitrogens is 1. The smallest absolute Gasteiger partial charge is 0.328 e. The highest BCUT2D eigenvalue weighted by molar-refractivity contribution is 5.87. The normalized spacial score (nSPS) is 13.0. The Bertz CT molecular complexity index is 893. The van der Waals surface area contributed by atoms with Crippen molar-refractivity contribution in [3.8, 4) is 0 Å². The topological polar surface area (TPSA) is 124 Å². The molecule has 1 aromatic carbocycles. The Morgan fingerprint density at radius 1 is 1.09 bits per heavy atom. The fraction of sp³-hybridized carbons (Fsp3) is 0.542. The van der Waals surface area contributed by atoms with Gasteiger partial charge in [0.25, 0.3) is 0 Å². The number of hydrogen-bond donors (Lipinski definition) is 3. The van der Waals surface area contributed by atoms with Crippen LogP contribution in [0, 0.1) is 5.92 Å². The SMILES string of the molecule is CCOC(=O)[C@H](N)CCC(=O)N[C@H](Cc1c[nH]c2ccccc12)C(=O)OCCCC(C)C. The number of para-hydroxylation sites is 1. The van der Waals surface area contributed by atoms with E-state index in [0.29, 0.717) is 18.9 Å². The summed E-state index contributed by atoms with van der Waals surface area (Å²) in [5, 5.41) is 3.75. The van der Waals surface area contributed by atoms with Gasteiger partial charge < -0.3 is 25.5 Å². The number of fused-ring (bicyclic) bond motifs is 1. The van der Waals surface area contributed by atoms with Gasteiger partial charge in [0.1, 0.15) is 12.1 Å². The van der Waals surface area contributed by atoms with Gasteiger partial charge in [0, 0.05) is 29.9 Å². The number of hydrogen-bond acceptors (Lipinski definition) is 6. The van der Waals surface area contributed by atoms with Gasteiger partial charge in [0.05, 0.1) is 13.2 Å². The molecule has 0 aliphatic carbocycles. The van der Waals surface area contributed by atoms with E-state index in [1.807, 2.05) is 30.5 Å². The third-order valence-electron chi connectivity index (χ3n) is 5.16. The third-order valence-corrected chi connectivity index (χ3v) is 5.16. The predicted molar refractivity (Wildman–Crippen MR) is 123 cm³/mol. The quantitative estimate of drug-likeness (QED) is 0.322. The average Bonchev–Trinajstić information content (AvgIpc) is 3.17. The van der Waals surface area contributed by atoms with Crippen LogP contribution >= 0.6 is 0 Å². The van der Waals surface area contributed by atoms with E-state index in [4.69, 9.17) is 15.2 Å². The van der Waals surface area contributed by atoms with Gasteiger partial charge in [0.2, 0.25) is 5.91 Å². The lowest BCUT2D eigenvalue weighted by atomic mass is 10.0. The Labute approximate surface area is 189 Å². The molecule has 1 heterocycles. The lowest BCUT2D eigenvalue weighted by Gasteiger charge is -2.18. The maximum absolute atomic E-state index is 12.8. The highest BCUT2D eigenvalue weighted by Gasteiger charge is 2.25. The van der Waals surface area contributed by atoms with E-state index in [9.17, 15) is 14.4 Å². The number of H-pyrrole nitrogens is 1. The van der Waals surface area contributed by atoms with E-state index in [0.717, 1.165) is 29.3 Å². The number of nitrogens with two attached hydrogens (primary N) is 1. The summed E-state index contributed by atoms with van der Waals surface area (Å²) in [7, 11) is 0. The summed E-state index contributed by atoms with van der Waals surface area (Å²) in [5.41, 5.74) is 7.64. The van der Waals surface area contributed by atoms with E-state index in [1.54, 1.807) is 6.92 Å². The third kappa shape index (κ3) is 8.00. The van der Waals surface area contributed by atoms with E-state index in [1.165, 1.54) is 0 Å². The molecule has 4 N–H and O–H groups in total. The van der Waals surface area contributed by atoms with Crippen LogP contribution in [0.25, 0.3) is 10.9 Å². The minimum atomic E-state index is -0.879. The first-order valence-corrected chi connectivity index (χ1v) is 11.2. The molecule has 0 bridgehead atoms. The Balaban J connectivity index is 2.01. The van der Waals surface area contributed by atoms with Crippen molar-refractivity contribution >= 4 is 28.7 Å². The number of ether oxygens (including phenoxy) is 2. The summed E-state index contributed by atoms with van der Waals surface area (Å²) in [6.07, 6.45) is 4.00. The van der Waals surface area contributed by atoms with Gasteiger partial charge in [-0.05, 0) is 43.7 Å². The zero-order valence-corrected chi connectivity index (χ0v) is 19.2. The van der Waals surface area contributed by atoms with Crippen LogP contribution in [0.1, 0.15) is 52.0 Å². The van der Waals surface area contributed by atoms with Crippen molar-refractivity contribution in [3.63, 3.8) is 0 Å². The standard InChI is InChI=1S/C24H35N3O5/c1-4-31-23(29)19(25)11-12-22(28)27-21(24(30)32-13-7-8-16(2)3)14-17-15-26-20-10-6-5-9-18(17)20/h5-6,9-10,15-16,19,21,26H,4,7-8,11-14,25H2,1-3H3,(H,27,28)/t19-,21-/m1/s1. The number of aromatic amines is 1. The molecule has 2 aromatic rings. The fourth-order valence-electron chi connectivity index (χ4n) is 3.40. The number of carbonyl (C=O) groups excluding carboxylic acids is 3. The zero-order valence-electron chi connectivity index (χ0n) is 19.2. The Morgan fingerprint density at radius 3 is 2.56 bits per heavy atom. The molecule has 0 saturated carbocycles. The molecule has 0 aliphatic rings. The second-order valence-corrected chi connectivity index (χ2v) is 8.28. The van der Waals surface area contributed by atoms with Crippen LogP contribution in [0.5, 0.6) is 0 Å². The molecule has 0 unspecified atom stereocenters. The van der Waals surface area contributed by atoms with E-state index >= 15 is 0 Å². The summed E-state index contributed by atoms with van der Waals surface area (Å²) in [4.78, 5) is 40.1. The van der Waals surface area contributed by atoms with Gasteiger partial charge in [-0.3, -0.25) is 9.59 Å². The van der Waals surface area contributed by atoms with Crippen molar-refractivity contribution in [1.29, 1.82) is 0 Å². The van der Waals surface area contributed by atoms with Crippen molar-refractivity contribution in [2.45, 2.75) is 65.0 Å². The summed E-state index contributed by atoms with van der Waals surface area (Å²) in [6, 6.07) is 6.06. The Hall–Kier alpha value is -2.87. The number of esters is 2. The highest BCUT2D eigenvalue weighted by atomic mass is 16.5. The molecule has 0 saturated heterocycles. The molecule has 2 atom stereocenters. The molecule has 176 valence electrons. The van der Waals surface area contributed by atoms with Crippen molar-refractivity contribution in [1.82, 2.24) is 10.3 Å². The highest BCUT2D eigenvalue weighted by Crippen LogP contribution is 2.19. The van der Waals surface area contributed by atoms with E-state index in [2.05, 4.69) is 24.1 Å². The van der Waals surface area contributed by atoms with Crippen LogP contribution in [0.15, 0.2) is 30.5 Å². The van der Waals surface area contributed by atoms with Gasteiger partial charge in [0.15, 0.2) is 0 Å². The summed E-state index contributed by atoms with van der Waals surface area (Å²) in [5.74, 6) is -0.852. The maximum Gasteiger partial charge on any atom is 0.328 e. The molecule has 32 heavy (non-hydrogen) atoms. The Morgan fingerprint density at radius 2 is 1.84 bits per heavy atom. The Kier molecular flexibility index (Phi) is 10.2. The number of nitrogens with one attached hydrogen (secondary N) is 2. The van der Waals surface area contributed by atoms with Gasteiger partial charge in [-0.25, -0.2) is 4.79 Å². The van der Waals surface area contributed by atoms with Crippen LogP contribution in [0.3, 0.4) is 0 Å². The monoisotopic (exact) mass is 445 g/mol. The minimum Gasteiger partial charge on any atom is -0.465 e. The first-order chi connectivity index (χ1) is 15.3. The molecule has 2 rings (SSSR count). The second kappa shape index (κ2) is 12.9. The number of carbonyl (C=O) groups is 3. The number of rotatable bonds is 13. The van der Waals surface area contributed by atoms with Crippen molar-refractivity contribution in [2.75, 3.05) is 13.2 Å². The van der Waals surface area contributed by atoms with Crippen LogP contribution in [-0.4, -0.2) is 48.1 Å². The summed E-state index contributed by atoms with van der Waals surface area (Å²) < 4.78 is 10.3. The molecule has 0 fully saturated rings. The molecular formula is C24H35N3O5. The molecule has 0 aliphatic heterocycles. The zero-order chi connectivity index (χ0) is 23.5. The lowest BCUT2D eigenvalue weighted by molar-refractivity contribution is -0.148. The maximum atomic E-state index is 12.8. The van der Waals surface area contributed by atoms with Crippen LogP contribution in [-0.2, 0) is 30.3 Å². The number of benzene rings is 1. The molecule has 1 aromatic heterocycles. The number of amides is 1. The van der Waals surface area contributed by atoms with Gasteiger partial charge in [-0.1, -0.05) is 32.0 Å². The summed E-state index contributed by atoms with van der Waals surface area (Å²) in [6.45, 7) is 6.46. The van der Waals surface area contributed by atoms with Gasteiger partial charge in [-0.2, -0.15) is 0 Å². The lowest BCUT2D eigenvalue weighted by Crippen LogP contribution is -2.44. The molecule has 1 amide bonds. The molecule has 0 spiro atoms. The molecular weight excluding hydrogens is 410 g/mol. The van der Waals surface area contributed by atoms with E-state index < -0.39 is 24.0 Å². The largest absolute Gasteiger partial charge is 0.465 e. The minimum absolute atomic E-state index is 0.00496. The fourth-order valence-corrected chi connectivity index (χ4v) is 3.40. The molecule has 0 radical (unpaired) electrons. The predicted octanol–water partition coefficient (Wildman–Crippen LogP) is 2.85. The average molecular weight is 446 g/mol. The summed E-state index contributed by atoms with van der Waals surface area (Å²) >= 11 is 0. The molecule has 8 nitrogen and oxygen atoms in total. The molecule has 8 heteroatoms. The van der Waals surface area contributed by atoms with Crippen LogP contribution in [0.2, 0.25) is 0 Å². The van der Waals surface area contributed by atoms with Crippen LogP contribution in [0.4, 0.5) is 0 Å². The van der Waals surface area contributed by atoms with Gasteiger partial charge >= 0.3 is 11.9 Å². The van der Waals surface area contributed by atoms with E-state index in [-0.39, 0.29) is 25.4 Å². The second-order valence-electron chi connectivity index (χ2n) is 8.28. The van der Waals surface area contributed by atoms with Gasteiger partial charge in [-0.15, -0.1) is 0 Å². The van der Waals surface area contributed by atoms with Crippen molar-refractivity contribution in [2.24, 2.45) is 11.7 Å². The van der Waals surface area contributed by atoms with Crippen LogP contribution < -0.4 is 11.1 Å². The first-order valence-electron chi connectivity index (χ1n) is 11.2. The van der Waals surface area contributed by atoms with Crippen molar-refractivity contribution in [3.05, 3.63) is 36.0 Å². The first kappa shape index (κ1) is 25.4. The van der Waals surface area contributed by atoms with Crippen molar-refractivity contribution < 1.29 is 23.9 Å².